The first kappa shape index (κ1) is 21.3. The van der Waals surface area contributed by atoms with Crippen molar-refractivity contribution in [2.45, 2.75) is 20.8 Å². The molecular weight excluding hydrogens is 408 g/mol. The molecule has 0 spiro atoms. The lowest BCUT2D eigenvalue weighted by Gasteiger charge is -2.24. The van der Waals surface area contributed by atoms with Crippen LogP contribution < -0.4 is 9.64 Å². The summed E-state index contributed by atoms with van der Waals surface area (Å²) in [5.74, 6) is 0.715. The number of nitrogens with zero attached hydrogens (tertiary/aromatic N) is 3. The summed E-state index contributed by atoms with van der Waals surface area (Å²) in [4.78, 5) is 25.9. The molecule has 2 aromatic carbocycles. The molecule has 0 bridgehead atoms. The molecule has 1 amide bonds. The lowest BCUT2D eigenvalue weighted by atomic mass is 10.1. The summed E-state index contributed by atoms with van der Waals surface area (Å²) < 4.78 is 6.78. The van der Waals surface area contributed by atoms with Crippen LogP contribution in [0.15, 0.2) is 48.7 Å². The van der Waals surface area contributed by atoms with Crippen LogP contribution in [-0.4, -0.2) is 53.6 Å². The maximum atomic E-state index is 13.7. The molecule has 1 N–H and O–H groups in total. The van der Waals surface area contributed by atoms with E-state index in [1.807, 2.05) is 54.3 Å². The van der Waals surface area contributed by atoms with Gasteiger partial charge in [0.1, 0.15) is 11.3 Å². The lowest BCUT2D eigenvalue weighted by molar-refractivity contribution is 0.0985. The number of H-pyrrole nitrogens is 1. The number of fused-ring (bicyclic) bond motifs is 2. The van der Waals surface area contributed by atoms with Crippen molar-refractivity contribution < 1.29 is 9.53 Å². The molecule has 2 aromatic heterocycles. The Morgan fingerprint density at radius 3 is 2.65 bits per heavy atom. The van der Waals surface area contributed by atoms with E-state index in [0.29, 0.717) is 23.8 Å². The highest BCUT2D eigenvalue weighted by molar-refractivity contribution is 7.22. The number of amides is 1. The minimum Gasteiger partial charge on any atom is -0.492 e. The monoisotopic (exact) mass is 436 g/mol. The van der Waals surface area contributed by atoms with Gasteiger partial charge in [0.15, 0.2) is 5.13 Å². The Balaban J connectivity index is 1.74. The molecule has 0 atom stereocenters. The number of hydrogen-bond acceptors (Lipinski definition) is 5. The Morgan fingerprint density at radius 2 is 1.87 bits per heavy atom. The lowest BCUT2D eigenvalue weighted by Crippen LogP contribution is -2.38. The number of hydrogen-bond donors (Lipinski definition) is 1. The molecule has 6 nitrogen and oxygen atoms in total. The minimum absolute atomic E-state index is 0.0402. The van der Waals surface area contributed by atoms with Crippen molar-refractivity contribution in [3.05, 3.63) is 54.2 Å². The number of likely N-dealkylation sites (N-methyl/N-ethyl adjacent to an activating group) is 1. The summed E-state index contributed by atoms with van der Waals surface area (Å²) in [7, 11) is 0. The summed E-state index contributed by atoms with van der Waals surface area (Å²) in [6.07, 6.45) is 1.80. The van der Waals surface area contributed by atoms with E-state index in [1.165, 1.54) is 11.3 Å². The number of carbonyl (C=O) groups excluding carboxylic acids is 1. The molecule has 4 rings (SSSR count). The molecule has 0 aliphatic rings. The van der Waals surface area contributed by atoms with E-state index in [9.17, 15) is 4.79 Å². The van der Waals surface area contributed by atoms with Crippen LogP contribution in [-0.2, 0) is 0 Å². The van der Waals surface area contributed by atoms with Crippen molar-refractivity contribution >= 4 is 43.5 Å². The second kappa shape index (κ2) is 9.49. The second-order valence-corrected chi connectivity index (χ2v) is 8.27. The van der Waals surface area contributed by atoms with Gasteiger partial charge in [0.05, 0.1) is 16.9 Å². The van der Waals surface area contributed by atoms with E-state index in [2.05, 4.69) is 23.7 Å². The first-order valence-corrected chi connectivity index (χ1v) is 11.6. The first-order valence-electron chi connectivity index (χ1n) is 10.8. The molecule has 4 aromatic rings. The Hall–Kier alpha value is -2.90. The highest BCUT2D eigenvalue weighted by Gasteiger charge is 2.24. The number of thiazole rings is 1. The van der Waals surface area contributed by atoms with E-state index in [0.717, 1.165) is 46.5 Å². The van der Waals surface area contributed by atoms with Gasteiger partial charge in [-0.25, -0.2) is 4.98 Å². The van der Waals surface area contributed by atoms with Crippen LogP contribution in [0.3, 0.4) is 0 Å². The Bertz CT molecular complexity index is 1180. The van der Waals surface area contributed by atoms with E-state index in [-0.39, 0.29) is 5.91 Å². The van der Waals surface area contributed by atoms with Crippen LogP contribution in [0.25, 0.3) is 21.1 Å². The number of anilines is 1. The predicted molar refractivity (Wildman–Crippen MR) is 129 cm³/mol. The van der Waals surface area contributed by atoms with Gasteiger partial charge in [-0.1, -0.05) is 49.4 Å². The summed E-state index contributed by atoms with van der Waals surface area (Å²) in [5.41, 5.74) is 2.43. The normalized spacial score (nSPS) is 11.5. The molecule has 7 heteroatoms. The number of rotatable bonds is 9. The molecule has 31 heavy (non-hydrogen) atoms. The van der Waals surface area contributed by atoms with Crippen molar-refractivity contribution in [3.8, 4) is 5.75 Å². The van der Waals surface area contributed by atoms with Gasteiger partial charge in [-0.3, -0.25) is 9.69 Å². The average molecular weight is 437 g/mol. The van der Waals surface area contributed by atoms with E-state index in [1.54, 1.807) is 6.20 Å². The molecule has 162 valence electrons. The molecule has 0 aliphatic heterocycles. The minimum atomic E-state index is -0.0402. The number of para-hydroxylation sites is 2. The van der Waals surface area contributed by atoms with Crippen LogP contribution >= 0.6 is 11.3 Å². The predicted octanol–water partition coefficient (Wildman–Crippen LogP) is 5.16. The third kappa shape index (κ3) is 4.29. The fourth-order valence-corrected chi connectivity index (χ4v) is 4.77. The van der Waals surface area contributed by atoms with Gasteiger partial charge in [0.2, 0.25) is 0 Å². The smallest absolute Gasteiger partial charge is 0.262 e. The Morgan fingerprint density at radius 1 is 1.06 bits per heavy atom. The highest BCUT2D eigenvalue weighted by Crippen LogP contribution is 2.35. The summed E-state index contributed by atoms with van der Waals surface area (Å²) in [5, 5.41) is 1.63. The summed E-state index contributed by atoms with van der Waals surface area (Å²) in [6, 6.07) is 13.8. The Labute approximate surface area is 186 Å². The maximum Gasteiger partial charge on any atom is 0.262 e. The topological polar surface area (TPSA) is 61.5 Å². The zero-order chi connectivity index (χ0) is 21.8. The van der Waals surface area contributed by atoms with Crippen LogP contribution in [0, 0.1) is 0 Å². The van der Waals surface area contributed by atoms with Crippen molar-refractivity contribution in [2.75, 3.05) is 37.7 Å². The molecule has 0 aliphatic carbocycles. The molecule has 0 saturated carbocycles. The standard InChI is InChI=1S/C24H28N4O2S/c1-4-27(5-2)14-15-28(23(29)18-16-25-19-11-8-7-10-17(18)19)24-26-22-20(30-6-3)12-9-13-21(22)31-24/h7-13,16,25H,4-6,14-15H2,1-3H3. The summed E-state index contributed by atoms with van der Waals surface area (Å²) in [6.45, 7) is 10.1. The molecule has 0 radical (unpaired) electrons. The van der Waals surface area contributed by atoms with Gasteiger partial charge < -0.3 is 14.6 Å². The zero-order valence-electron chi connectivity index (χ0n) is 18.2. The fraction of sp³-hybridized carbons (Fsp3) is 0.333. The van der Waals surface area contributed by atoms with Gasteiger partial charge in [-0.2, -0.15) is 0 Å². The zero-order valence-corrected chi connectivity index (χ0v) is 19.0. The van der Waals surface area contributed by atoms with Crippen molar-refractivity contribution in [1.82, 2.24) is 14.9 Å². The van der Waals surface area contributed by atoms with E-state index >= 15 is 0 Å². The van der Waals surface area contributed by atoms with Crippen LogP contribution in [0.2, 0.25) is 0 Å². The quantitative estimate of drug-likeness (QED) is 0.393. The molecule has 2 heterocycles. The largest absolute Gasteiger partial charge is 0.492 e. The van der Waals surface area contributed by atoms with Gasteiger partial charge in [0.25, 0.3) is 5.91 Å². The Kier molecular flexibility index (Phi) is 6.53. The first-order chi connectivity index (χ1) is 15.2. The highest BCUT2D eigenvalue weighted by atomic mass is 32.1. The number of aromatic nitrogens is 2. The molecule has 0 fully saturated rings. The number of nitrogens with one attached hydrogen (secondary N) is 1. The van der Waals surface area contributed by atoms with Gasteiger partial charge in [-0.05, 0) is 38.2 Å². The van der Waals surface area contributed by atoms with Crippen molar-refractivity contribution in [3.63, 3.8) is 0 Å². The molecular formula is C24H28N4O2S. The van der Waals surface area contributed by atoms with Gasteiger partial charge in [-0.15, -0.1) is 0 Å². The number of ether oxygens (including phenoxy) is 1. The molecule has 0 unspecified atom stereocenters. The SMILES string of the molecule is CCOc1cccc2sc(N(CCN(CC)CC)C(=O)c3c[nH]c4ccccc34)nc12. The average Bonchev–Trinajstić information content (AvgIpc) is 3.41. The fourth-order valence-electron chi connectivity index (χ4n) is 3.76. The van der Waals surface area contributed by atoms with Gasteiger partial charge in [0, 0.05) is 30.2 Å². The van der Waals surface area contributed by atoms with Crippen molar-refractivity contribution in [2.24, 2.45) is 0 Å². The van der Waals surface area contributed by atoms with E-state index < -0.39 is 0 Å². The van der Waals surface area contributed by atoms with Gasteiger partial charge >= 0.3 is 0 Å². The summed E-state index contributed by atoms with van der Waals surface area (Å²) >= 11 is 1.53. The number of benzene rings is 2. The number of aromatic amines is 1. The van der Waals surface area contributed by atoms with E-state index in [4.69, 9.17) is 9.72 Å². The number of carbonyl (C=O) groups is 1. The van der Waals surface area contributed by atoms with Crippen LogP contribution in [0.4, 0.5) is 5.13 Å². The maximum absolute atomic E-state index is 13.7. The third-order valence-corrected chi connectivity index (χ3v) is 6.54. The van der Waals surface area contributed by atoms with Crippen molar-refractivity contribution in [1.29, 1.82) is 0 Å². The second-order valence-electron chi connectivity index (χ2n) is 7.26. The van der Waals surface area contributed by atoms with Crippen LogP contribution in [0.5, 0.6) is 5.75 Å². The third-order valence-electron chi connectivity index (χ3n) is 5.50. The van der Waals surface area contributed by atoms with Crippen LogP contribution in [0.1, 0.15) is 31.1 Å². The molecule has 0 saturated heterocycles.